The Morgan fingerprint density at radius 3 is 2.75 bits per heavy atom. The number of ether oxygens (including phenoxy) is 2. The standard InChI is InChI=1S/C12H20N2O5S/c1-18-11-4-3-10(13)9-12(11)20(16,17)14-5-2-7-19-8-6-15/h3-4,9,14-15H,2,5-8,13H2,1H3. The van der Waals surface area contributed by atoms with E-state index in [0.717, 1.165) is 0 Å². The van der Waals surface area contributed by atoms with E-state index in [1.165, 1.54) is 19.2 Å². The molecule has 1 aromatic carbocycles. The van der Waals surface area contributed by atoms with Crippen LogP contribution >= 0.6 is 0 Å². The van der Waals surface area contributed by atoms with Crippen molar-refractivity contribution in [3.05, 3.63) is 18.2 Å². The number of aliphatic hydroxyl groups excluding tert-OH is 1. The van der Waals surface area contributed by atoms with Gasteiger partial charge in [-0.1, -0.05) is 0 Å². The molecule has 0 atom stereocenters. The van der Waals surface area contributed by atoms with Gasteiger partial charge in [-0.2, -0.15) is 0 Å². The van der Waals surface area contributed by atoms with Crippen LogP contribution in [0.5, 0.6) is 5.75 Å². The summed E-state index contributed by atoms with van der Waals surface area (Å²) in [5, 5.41) is 8.52. The number of benzene rings is 1. The van der Waals surface area contributed by atoms with E-state index < -0.39 is 10.0 Å². The van der Waals surface area contributed by atoms with Crippen LogP contribution in [0.3, 0.4) is 0 Å². The lowest BCUT2D eigenvalue weighted by atomic mass is 10.3. The first-order valence-corrected chi connectivity index (χ1v) is 7.61. The van der Waals surface area contributed by atoms with Gasteiger partial charge in [0.25, 0.3) is 0 Å². The minimum atomic E-state index is -3.68. The topological polar surface area (TPSA) is 111 Å². The van der Waals surface area contributed by atoms with Gasteiger partial charge in [0.1, 0.15) is 10.6 Å². The number of methoxy groups -OCH3 is 1. The van der Waals surface area contributed by atoms with Gasteiger partial charge in [0, 0.05) is 18.8 Å². The molecule has 0 aliphatic rings. The fourth-order valence-electron chi connectivity index (χ4n) is 1.53. The maximum Gasteiger partial charge on any atom is 0.244 e. The Balaban J connectivity index is 2.62. The lowest BCUT2D eigenvalue weighted by Crippen LogP contribution is -2.26. The molecule has 0 fully saturated rings. The molecule has 0 radical (unpaired) electrons. The highest BCUT2D eigenvalue weighted by atomic mass is 32.2. The monoisotopic (exact) mass is 304 g/mol. The molecule has 114 valence electrons. The number of nitrogens with one attached hydrogen (secondary N) is 1. The summed E-state index contributed by atoms with van der Waals surface area (Å²) in [5.74, 6) is 0.239. The Labute approximate surface area is 118 Å². The number of hydrogen-bond acceptors (Lipinski definition) is 6. The van der Waals surface area contributed by atoms with Crippen molar-refractivity contribution in [3.63, 3.8) is 0 Å². The van der Waals surface area contributed by atoms with E-state index in [2.05, 4.69) is 4.72 Å². The van der Waals surface area contributed by atoms with Crippen LogP contribution in [-0.4, -0.2) is 47.0 Å². The first-order valence-electron chi connectivity index (χ1n) is 6.13. The fraction of sp³-hybridized carbons (Fsp3) is 0.500. The molecule has 1 rings (SSSR count). The van der Waals surface area contributed by atoms with E-state index in [1.54, 1.807) is 6.07 Å². The van der Waals surface area contributed by atoms with Crippen LogP contribution in [0.2, 0.25) is 0 Å². The van der Waals surface area contributed by atoms with E-state index in [4.69, 9.17) is 20.3 Å². The summed E-state index contributed by atoms with van der Waals surface area (Å²) >= 11 is 0. The number of sulfonamides is 1. The van der Waals surface area contributed by atoms with E-state index in [-0.39, 0.29) is 30.4 Å². The SMILES string of the molecule is COc1ccc(N)cc1S(=O)(=O)NCCCOCCO. The van der Waals surface area contributed by atoms with Gasteiger partial charge in [-0.3, -0.25) is 0 Å². The van der Waals surface area contributed by atoms with Crippen molar-refractivity contribution >= 4 is 15.7 Å². The molecule has 4 N–H and O–H groups in total. The van der Waals surface area contributed by atoms with Crippen molar-refractivity contribution in [2.24, 2.45) is 0 Å². The normalized spacial score (nSPS) is 11.5. The van der Waals surface area contributed by atoms with E-state index in [9.17, 15) is 8.42 Å². The number of rotatable bonds is 9. The number of nitrogens with two attached hydrogens (primary N) is 1. The molecule has 20 heavy (non-hydrogen) atoms. The van der Waals surface area contributed by atoms with Crippen molar-refractivity contribution in [1.29, 1.82) is 0 Å². The molecular weight excluding hydrogens is 284 g/mol. The average molecular weight is 304 g/mol. The predicted molar refractivity (Wildman–Crippen MR) is 75.1 cm³/mol. The molecule has 0 aromatic heterocycles. The fourth-order valence-corrected chi connectivity index (χ4v) is 2.80. The van der Waals surface area contributed by atoms with Gasteiger partial charge in [0.2, 0.25) is 10.0 Å². The van der Waals surface area contributed by atoms with Gasteiger partial charge in [-0.05, 0) is 24.6 Å². The molecule has 0 unspecified atom stereocenters. The van der Waals surface area contributed by atoms with Crippen LogP contribution in [-0.2, 0) is 14.8 Å². The van der Waals surface area contributed by atoms with E-state index in [1.807, 2.05) is 0 Å². The van der Waals surface area contributed by atoms with Gasteiger partial charge in [0.05, 0.1) is 20.3 Å². The summed E-state index contributed by atoms with van der Waals surface area (Å²) < 4.78 is 36.8. The van der Waals surface area contributed by atoms with Crippen molar-refractivity contribution in [2.45, 2.75) is 11.3 Å². The summed E-state index contributed by atoms with van der Waals surface area (Å²) in [6.07, 6.45) is 0.504. The minimum absolute atomic E-state index is 0.0104. The summed E-state index contributed by atoms with van der Waals surface area (Å²) in [5.41, 5.74) is 5.94. The van der Waals surface area contributed by atoms with Gasteiger partial charge < -0.3 is 20.3 Å². The zero-order valence-electron chi connectivity index (χ0n) is 11.3. The Kier molecular flexibility index (Phi) is 6.73. The zero-order valence-corrected chi connectivity index (χ0v) is 12.1. The first kappa shape index (κ1) is 16.7. The zero-order chi connectivity index (χ0) is 15.0. The molecule has 0 amide bonds. The third-order valence-electron chi connectivity index (χ3n) is 2.47. The quantitative estimate of drug-likeness (QED) is 0.436. The second kappa shape index (κ2) is 8.05. The highest BCUT2D eigenvalue weighted by Gasteiger charge is 2.19. The molecular formula is C12H20N2O5S. The lowest BCUT2D eigenvalue weighted by molar-refractivity contribution is 0.0913. The smallest absolute Gasteiger partial charge is 0.244 e. The van der Waals surface area contributed by atoms with Gasteiger partial charge in [0.15, 0.2) is 0 Å². The lowest BCUT2D eigenvalue weighted by Gasteiger charge is -2.11. The first-order chi connectivity index (χ1) is 9.51. The number of aliphatic hydroxyl groups is 1. The highest BCUT2D eigenvalue weighted by molar-refractivity contribution is 7.89. The molecule has 0 heterocycles. The van der Waals surface area contributed by atoms with Crippen molar-refractivity contribution in [3.8, 4) is 5.75 Å². The molecule has 0 bridgehead atoms. The molecule has 0 aliphatic carbocycles. The molecule has 0 aliphatic heterocycles. The van der Waals surface area contributed by atoms with Crippen LogP contribution in [0.4, 0.5) is 5.69 Å². The molecule has 1 aromatic rings. The number of hydrogen-bond donors (Lipinski definition) is 3. The van der Waals surface area contributed by atoms with Crippen LogP contribution in [0.25, 0.3) is 0 Å². The van der Waals surface area contributed by atoms with E-state index in [0.29, 0.717) is 18.7 Å². The van der Waals surface area contributed by atoms with Crippen LogP contribution in [0, 0.1) is 0 Å². The van der Waals surface area contributed by atoms with Crippen LogP contribution in [0.15, 0.2) is 23.1 Å². The van der Waals surface area contributed by atoms with E-state index >= 15 is 0 Å². The maximum absolute atomic E-state index is 12.1. The molecule has 0 spiro atoms. The second-order valence-electron chi connectivity index (χ2n) is 4.00. The third-order valence-corrected chi connectivity index (χ3v) is 3.95. The molecule has 0 saturated heterocycles. The molecule has 7 nitrogen and oxygen atoms in total. The Morgan fingerprint density at radius 1 is 1.35 bits per heavy atom. The third kappa shape index (κ3) is 4.97. The van der Waals surface area contributed by atoms with Crippen LogP contribution < -0.4 is 15.2 Å². The second-order valence-corrected chi connectivity index (χ2v) is 5.73. The summed E-state index contributed by atoms with van der Waals surface area (Å²) in [6, 6.07) is 4.43. The Hall–Kier alpha value is -1.35. The predicted octanol–water partition coefficient (Wildman–Crippen LogP) is -0.0453. The van der Waals surface area contributed by atoms with Gasteiger partial charge in [-0.15, -0.1) is 0 Å². The Morgan fingerprint density at radius 2 is 2.10 bits per heavy atom. The molecule has 8 heteroatoms. The van der Waals surface area contributed by atoms with Crippen molar-refractivity contribution < 1.29 is 23.0 Å². The number of nitrogen functional groups attached to an aromatic ring is 1. The Bertz CT molecular complexity index is 519. The number of anilines is 1. The summed E-state index contributed by atoms with van der Waals surface area (Å²) in [6.45, 7) is 0.796. The summed E-state index contributed by atoms with van der Waals surface area (Å²) in [4.78, 5) is 0.0104. The van der Waals surface area contributed by atoms with Gasteiger partial charge >= 0.3 is 0 Å². The van der Waals surface area contributed by atoms with Crippen molar-refractivity contribution in [2.75, 3.05) is 39.2 Å². The molecule has 0 saturated carbocycles. The minimum Gasteiger partial charge on any atom is -0.495 e. The summed E-state index contributed by atoms with van der Waals surface area (Å²) in [7, 11) is -2.28. The highest BCUT2D eigenvalue weighted by Crippen LogP contribution is 2.25. The van der Waals surface area contributed by atoms with Crippen molar-refractivity contribution in [1.82, 2.24) is 4.72 Å². The van der Waals surface area contributed by atoms with Gasteiger partial charge in [-0.25, -0.2) is 13.1 Å². The average Bonchev–Trinajstić information content (AvgIpc) is 2.42. The largest absolute Gasteiger partial charge is 0.495 e. The maximum atomic E-state index is 12.1. The van der Waals surface area contributed by atoms with Crippen LogP contribution in [0.1, 0.15) is 6.42 Å².